The predicted molar refractivity (Wildman–Crippen MR) is 109 cm³/mol. The summed E-state index contributed by atoms with van der Waals surface area (Å²) < 4.78 is 1.90. The van der Waals surface area contributed by atoms with E-state index in [-0.39, 0.29) is 5.91 Å². The molecule has 5 rings (SSSR count). The Bertz CT molecular complexity index is 981. The maximum atomic E-state index is 13.1. The molecular formula is C23H26N4O. The Hall–Kier alpha value is -2.69. The first kappa shape index (κ1) is 17.4. The summed E-state index contributed by atoms with van der Waals surface area (Å²) in [5.74, 6) is 1.64. The molecule has 1 saturated carbocycles. The SMILES string of the molecule is O=C(c1cnc2c(cnn2Cc2ccccc2)c1)N1CC[C@@H]2CCCC[C@H]2C1. The van der Waals surface area contributed by atoms with Gasteiger partial charge in [-0.25, -0.2) is 9.67 Å². The number of amides is 1. The van der Waals surface area contributed by atoms with Gasteiger partial charge < -0.3 is 4.90 Å². The van der Waals surface area contributed by atoms with Crippen molar-refractivity contribution in [3.05, 3.63) is 59.9 Å². The van der Waals surface area contributed by atoms with Crippen LogP contribution in [0.4, 0.5) is 0 Å². The van der Waals surface area contributed by atoms with Gasteiger partial charge in [-0.05, 0) is 36.3 Å². The number of piperidine rings is 1. The highest BCUT2D eigenvalue weighted by Crippen LogP contribution is 2.36. The molecule has 0 spiro atoms. The van der Waals surface area contributed by atoms with Gasteiger partial charge in [0.2, 0.25) is 0 Å². The molecule has 144 valence electrons. The van der Waals surface area contributed by atoms with E-state index in [2.05, 4.69) is 22.2 Å². The number of carbonyl (C=O) groups excluding carboxylic acids is 1. The third-order valence-corrected chi connectivity index (χ3v) is 6.48. The average Bonchev–Trinajstić information content (AvgIpc) is 3.15. The van der Waals surface area contributed by atoms with Gasteiger partial charge in [-0.3, -0.25) is 4.79 Å². The maximum Gasteiger partial charge on any atom is 0.255 e. The number of hydrogen-bond acceptors (Lipinski definition) is 3. The van der Waals surface area contributed by atoms with E-state index < -0.39 is 0 Å². The number of carbonyl (C=O) groups is 1. The molecule has 3 aromatic rings. The zero-order valence-electron chi connectivity index (χ0n) is 16.1. The number of nitrogens with zero attached hydrogens (tertiary/aromatic N) is 4. The van der Waals surface area contributed by atoms with Crippen molar-refractivity contribution < 1.29 is 4.79 Å². The lowest BCUT2D eigenvalue weighted by atomic mass is 9.75. The fraction of sp³-hybridized carbons (Fsp3) is 0.435. The van der Waals surface area contributed by atoms with Crippen molar-refractivity contribution in [2.75, 3.05) is 13.1 Å². The molecule has 0 N–H and O–H groups in total. The fourth-order valence-corrected chi connectivity index (χ4v) is 4.93. The van der Waals surface area contributed by atoms with E-state index in [1.165, 1.54) is 31.2 Å². The molecule has 1 amide bonds. The molecule has 5 nitrogen and oxygen atoms in total. The summed E-state index contributed by atoms with van der Waals surface area (Å²) in [7, 11) is 0. The summed E-state index contributed by atoms with van der Waals surface area (Å²) in [5, 5.41) is 5.41. The highest BCUT2D eigenvalue weighted by atomic mass is 16.2. The molecule has 1 aliphatic carbocycles. The molecule has 2 aromatic heterocycles. The summed E-state index contributed by atoms with van der Waals surface area (Å²) in [6.45, 7) is 2.47. The van der Waals surface area contributed by atoms with Gasteiger partial charge in [0.05, 0.1) is 18.3 Å². The van der Waals surface area contributed by atoms with Crippen LogP contribution in [0.5, 0.6) is 0 Å². The first-order valence-electron chi connectivity index (χ1n) is 10.4. The molecule has 5 heteroatoms. The first-order valence-corrected chi connectivity index (χ1v) is 10.4. The largest absolute Gasteiger partial charge is 0.338 e. The Balaban J connectivity index is 1.34. The van der Waals surface area contributed by atoms with Gasteiger partial charge in [-0.1, -0.05) is 49.6 Å². The third-order valence-electron chi connectivity index (χ3n) is 6.48. The quantitative estimate of drug-likeness (QED) is 0.693. The second-order valence-corrected chi connectivity index (χ2v) is 8.27. The van der Waals surface area contributed by atoms with Crippen molar-refractivity contribution >= 4 is 16.9 Å². The number of rotatable bonds is 3. The number of benzene rings is 1. The smallest absolute Gasteiger partial charge is 0.255 e. The Morgan fingerprint density at radius 1 is 1.04 bits per heavy atom. The van der Waals surface area contributed by atoms with E-state index in [0.29, 0.717) is 18.0 Å². The second-order valence-electron chi connectivity index (χ2n) is 8.27. The van der Waals surface area contributed by atoms with Crippen LogP contribution in [-0.4, -0.2) is 38.7 Å². The Labute approximate surface area is 165 Å². The summed E-state index contributed by atoms with van der Waals surface area (Å²) in [6.07, 6.45) is 10.00. The minimum atomic E-state index is 0.120. The Kier molecular flexibility index (Phi) is 4.59. The lowest BCUT2D eigenvalue weighted by Crippen LogP contribution is -2.44. The summed E-state index contributed by atoms with van der Waals surface area (Å²) in [4.78, 5) is 19.7. The molecule has 2 aliphatic rings. The van der Waals surface area contributed by atoms with Crippen LogP contribution in [-0.2, 0) is 6.54 Å². The predicted octanol–water partition coefficient (Wildman–Crippen LogP) is 4.13. The van der Waals surface area contributed by atoms with Crippen molar-refractivity contribution in [3.63, 3.8) is 0 Å². The van der Waals surface area contributed by atoms with Crippen LogP contribution in [0.2, 0.25) is 0 Å². The number of fused-ring (bicyclic) bond motifs is 2. The number of pyridine rings is 1. The molecule has 0 radical (unpaired) electrons. The number of likely N-dealkylation sites (tertiary alicyclic amines) is 1. The first-order chi connectivity index (χ1) is 13.8. The highest BCUT2D eigenvalue weighted by Gasteiger charge is 2.33. The van der Waals surface area contributed by atoms with Crippen LogP contribution in [0.1, 0.15) is 48.0 Å². The summed E-state index contributed by atoms with van der Waals surface area (Å²) >= 11 is 0. The van der Waals surface area contributed by atoms with Crippen LogP contribution in [0, 0.1) is 11.8 Å². The molecule has 3 heterocycles. The standard InChI is InChI=1S/C23H26N4O/c28-23(26-11-10-18-8-4-5-9-19(18)16-26)21-12-20-14-25-27(22(20)24-13-21)15-17-6-2-1-3-7-17/h1-3,6-7,12-14,18-19H,4-5,8-11,15-16H2/t18-,19-/m0/s1. The molecule has 0 bridgehead atoms. The third kappa shape index (κ3) is 3.30. The van der Waals surface area contributed by atoms with Gasteiger partial charge >= 0.3 is 0 Å². The van der Waals surface area contributed by atoms with E-state index in [1.54, 1.807) is 6.20 Å². The van der Waals surface area contributed by atoms with Gasteiger partial charge in [-0.2, -0.15) is 5.10 Å². The van der Waals surface area contributed by atoms with E-state index >= 15 is 0 Å². The van der Waals surface area contributed by atoms with Crippen molar-refractivity contribution in [2.24, 2.45) is 11.8 Å². The van der Waals surface area contributed by atoms with Crippen LogP contribution < -0.4 is 0 Å². The molecule has 2 fully saturated rings. The summed E-state index contributed by atoms with van der Waals surface area (Å²) in [6, 6.07) is 12.2. The van der Waals surface area contributed by atoms with Gasteiger partial charge in [0.25, 0.3) is 5.91 Å². The number of aromatic nitrogens is 3. The van der Waals surface area contributed by atoms with Crippen molar-refractivity contribution in [1.82, 2.24) is 19.7 Å². The molecular weight excluding hydrogens is 348 g/mol. The van der Waals surface area contributed by atoms with Crippen LogP contribution >= 0.6 is 0 Å². The molecule has 0 unspecified atom stereocenters. The highest BCUT2D eigenvalue weighted by molar-refractivity contribution is 5.96. The van der Waals surface area contributed by atoms with Crippen LogP contribution in [0.25, 0.3) is 11.0 Å². The Morgan fingerprint density at radius 3 is 2.71 bits per heavy atom. The number of hydrogen-bond donors (Lipinski definition) is 0. The van der Waals surface area contributed by atoms with Crippen LogP contribution in [0.3, 0.4) is 0 Å². The average molecular weight is 374 g/mol. The maximum absolute atomic E-state index is 13.1. The van der Waals surface area contributed by atoms with Gasteiger partial charge in [0.1, 0.15) is 0 Å². The van der Waals surface area contributed by atoms with Gasteiger partial charge in [0, 0.05) is 24.7 Å². The van der Waals surface area contributed by atoms with Crippen LogP contribution in [0.15, 0.2) is 48.8 Å². The normalized spacial score (nSPS) is 22.2. The van der Waals surface area contributed by atoms with E-state index in [9.17, 15) is 4.79 Å². The van der Waals surface area contributed by atoms with E-state index in [4.69, 9.17) is 0 Å². The second kappa shape index (κ2) is 7.38. The molecule has 2 atom stereocenters. The van der Waals surface area contributed by atoms with E-state index in [0.717, 1.165) is 36.5 Å². The fourth-order valence-electron chi connectivity index (χ4n) is 4.93. The van der Waals surface area contributed by atoms with Crippen molar-refractivity contribution in [2.45, 2.75) is 38.6 Å². The summed E-state index contributed by atoms with van der Waals surface area (Å²) in [5.41, 5.74) is 2.69. The zero-order valence-corrected chi connectivity index (χ0v) is 16.1. The van der Waals surface area contributed by atoms with Crippen molar-refractivity contribution in [3.8, 4) is 0 Å². The molecule has 1 aliphatic heterocycles. The van der Waals surface area contributed by atoms with Gasteiger partial charge in [-0.15, -0.1) is 0 Å². The van der Waals surface area contributed by atoms with E-state index in [1.807, 2.05) is 40.0 Å². The monoisotopic (exact) mass is 374 g/mol. The molecule has 1 saturated heterocycles. The zero-order chi connectivity index (χ0) is 18.9. The molecule has 28 heavy (non-hydrogen) atoms. The minimum Gasteiger partial charge on any atom is -0.338 e. The van der Waals surface area contributed by atoms with Crippen molar-refractivity contribution in [1.29, 1.82) is 0 Å². The molecule has 1 aromatic carbocycles. The lowest BCUT2D eigenvalue weighted by Gasteiger charge is -2.41. The van der Waals surface area contributed by atoms with Gasteiger partial charge in [0.15, 0.2) is 5.65 Å². The Morgan fingerprint density at radius 2 is 1.86 bits per heavy atom. The topological polar surface area (TPSA) is 51.0 Å². The minimum absolute atomic E-state index is 0.120. The lowest BCUT2D eigenvalue weighted by molar-refractivity contribution is 0.0520.